The predicted octanol–water partition coefficient (Wildman–Crippen LogP) is 0.113. The molecule has 0 radical (unpaired) electrons. The maximum atomic E-state index is 12.0. The molecule has 1 fully saturated rings. The van der Waals surface area contributed by atoms with Crippen LogP contribution in [0.15, 0.2) is 0 Å². The molecule has 1 heterocycles. The van der Waals surface area contributed by atoms with Crippen LogP contribution in [0.4, 0.5) is 0 Å². The van der Waals surface area contributed by atoms with Gasteiger partial charge < -0.3 is 15.5 Å². The van der Waals surface area contributed by atoms with E-state index in [1.165, 1.54) is 6.92 Å². The van der Waals surface area contributed by atoms with Crippen LogP contribution >= 0.6 is 0 Å². The Hall–Kier alpha value is -1.10. The lowest BCUT2D eigenvalue weighted by molar-refractivity contribution is -0.134. The van der Waals surface area contributed by atoms with Crippen molar-refractivity contribution >= 4 is 11.8 Å². The first-order valence-electron chi connectivity index (χ1n) is 6.39. The van der Waals surface area contributed by atoms with E-state index in [9.17, 15) is 9.59 Å². The van der Waals surface area contributed by atoms with Crippen molar-refractivity contribution in [3.05, 3.63) is 0 Å². The standard InChI is InChI=1S/C12H23N3O2/c1-3-7-15(11-5-4-6-13-8-11)12(17)9-14-10(2)16/h11,13H,3-9H2,1-2H3,(H,14,16). The van der Waals surface area contributed by atoms with Gasteiger partial charge in [0.2, 0.25) is 11.8 Å². The third-order valence-corrected chi connectivity index (χ3v) is 2.99. The van der Waals surface area contributed by atoms with E-state index < -0.39 is 0 Å². The van der Waals surface area contributed by atoms with Gasteiger partial charge in [0, 0.05) is 26.1 Å². The van der Waals surface area contributed by atoms with E-state index in [0.717, 1.165) is 38.9 Å². The minimum absolute atomic E-state index is 0.0238. The van der Waals surface area contributed by atoms with Crippen molar-refractivity contribution in [3.8, 4) is 0 Å². The van der Waals surface area contributed by atoms with Gasteiger partial charge in [0.1, 0.15) is 0 Å². The zero-order valence-electron chi connectivity index (χ0n) is 10.8. The van der Waals surface area contributed by atoms with Crippen molar-refractivity contribution in [3.63, 3.8) is 0 Å². The van der Waals surface area contributed by atoms with Crippen LogP contribution in [0.3, 0.4) is 0 Å². The molecule has 98 valence electrons. The summed E-state index contributed by atoms with van der Waals surface area (Å²) in [6.45, 7) is 6.29. The van der Waals surface area contributed by atoms with Crippen molar-refractivity contribution in [1.82, 2.24) is 15.5 Å². The Morgan fingerprint density at radius 1 is 1.47 bits per heavy atom. The first-order valence-corrected chi connectivity index (χ1v) is 6.39. The van der Waals surface area contributed by atoms with Gasteiger partial charge in [-0.2, -0.15) is 0 Å². The number of piperidine rings is 1. The van der Waals surface area contributed by atoms with Gasteiger partial charge in [0.15, 0.2) is 0 Å². The summed E-state index contributed by atoms with van der Waals surface area (Å²) >= 11 is 0. The fourth-order valence-electron chi connectivity index (χ4n) is 2.15. The number of carbonyl (C=O) groups is 2. The number of hydrogen-bond donors (Lipinski definition) is 2. The molecule has 0 aromatic heterocycles. The lowest BCUT2D eigenvalue weighted by Gasteiger charge is -2.34. The van der Waals surface area contributed by atoms with E-state index in [1.807, 2.05) is 4.90 Å². The summed E-state index contributed by atoms with van der Waals surface area (Å²) in [7, 11) is 0. The van der Waals surface area contributed by atoms with Crippen LogP contribution in [0.5, 0.6) is 0 Å². The van der Waals surface area contributed by atoms with Gasteiger partial charge in [-0.15, -0.1) is 0 Å². The Kier molecular flexibility index (Phi) is 5.97. The summed E-state index contributed by atoms with van der Waals surface area (Å²) in [4.78, 5) is 24.7. The third kappa shape index (κ3) is 4.73. The average Bonchev–Trinajstić information content (AvgIpc) is 2.34. The van der Waals surface area contributed by atoms with Crippen LogP contribution in [0.25, 0.3) is 0 Å². The molecule has 2 amide bonds. The van der Waals surface area contributed by atoms with E-state index >= 15 is 0 Å². The fraction of sp³-hybridized carbons (Fsp3) is 0.833. The molecule has 0 saturated carbocycles. The molecule has 1 saturated heterocycles. The van der Waals surface area contributed by atoms with E-state index in [1.54, 1.807) is 0 Å². The van der Waals surface area contributed by atoms with Gasteiger partial charge in [-0.05, 0) is 25.8 Å². The minimum Gasteiger partial charge on any atom is -0.347 e. The highest BCUT2D eigenvalue weighted by atomic mass is 16.2. The van der Waals surface area contributed by atoms with Crippen molar-refractivity contribution in [2.24, 2.45) is 0 Å². The molecule has 5 heteroatoms. The van der Waals surface area contributed by atoms with E-state index in [0.29, 0.717) is 0 Å². The van der Waals surface area contributed by atoms with Crippen LogP contribution in [0, 0.1) is 0 Å². The van der Waals surface area contributed by atoms with Crippen LogP contribution in [0.1, 0.15) is 33.1 Å². The monoisotopic (exact) mass is 241 g/mol. The molecule has 2 N–H and O–H groups in total. The molecule has 1 unspecified atom stereocenters. The fourth-order valence-corrected chi connectivity index (χ4v) is 2.15. The first-order chi connectivity index (χ1) is 8.15. The van der Waals surface area contributed by atoms with Crippen LogP contribution in [-0.4, -0.2) is 48.9 Å². The molecule has 1 aliphatic rings. The molecule has 0 aliphatic carbocycles. The normalized spacial score (nSPS) is 19.8. The van der Waals surface area contributed by atoms with E-state index in [2.05, 4.69) is 17.6 Å². The maximum Gasteiger partial charge on any atom is 0.242 e. The SMILES string of the molecule is CCCN(C(=O)CNC(C)=O)C1CCCNC1. The lowest BCUT2D eigenvalue weighted by atomic mass is 10.1. The number of carbonyl (C=O) groups excluding carboxylic acids is 2. The van der Waals surface area contributed by atoms with Crippen molar-refractivity contribution in [1.29, 1.82) is 0 Å². The quantitative estimate of drug-likeness (QED) is 0.718. The largest absolute Gasteiger partial charge is 0.347 e. The lowest BCUT2D eigenvalue weighted by Crippen LogP contribution is -2.51. The molecule has 0 aromatic carbocycles. The third-order valence-electron chi connectivity index (χ3n) is 2.99. The molecule has 1 aliphatic heterocycles. The number of rotatable bonds is 5. The summed E-state index contributed by atoms with van der Waals surface area (Å²) < 4.78 is 0. The zero-order valence-corrected chi connectivity index (χ0v) is 10.8. The summed E-state index contributed by atoms with van der Waals surface area (Å²) in [6.07, 6.45) is 3.11. The van der Waals surface area contributed by atoms with Crippen LogP contribution in [-0.2, 0) is 9.59 Å². The molecule has 0 spiro atoms. The smallest absolute Gasteiger partial charge is 0.242 e. The number of nitrogens with zero attached hydrogens (tertiary/aromatic N) is 1. The molecular weight excluding hydrogens is 218 g/mol. The topological polar surface area (TPSA) is 61.4 Å². The summed E-state index contributed by atoms with van der Waals surface area (Å²) in [5.74, 6) is -0.132. The van der Waals surface area contributed by atoms with Gasteiger partial charge >= 0.3 is 0 Å². The number of hydrogen-bond acceptors (Lipinski definition) is 3. The Bertz CT molecular complexity index is 262. The molecule has 5 nitrogen and oxygen atoms in total. The Labute approximate surface area is 103 Å². The Balaban J connectivity index is 2.50. The molecular formula is C12H23N3O2. The Morgan fingerprint density at radius 2 is 2.24 bits per heavy atom. The van der Waals surface area contributed by atoms with Crippen molar-refractivity contribution < 1.29 is 9.59 Å². The van der Waals surface area contributed by atoms with Gasteiger partial charge in [-0.25, -0.2) is 0 Å². The first kappa shape index (κ1) is 14.0. The molecule has 0 bridgehead atoms. The second-order valence-corrected chi connectivity index (χ2v) is 4.50. The molecule has 0 aromatic rings. The van der Waals surface area contributed by atoms with Crippen molar-refractivity contribution in [2.45, 2.75) is 39.2 Å². The van der Waals surface area contributed by atoms with Crippen molar-refractivity contribution in [2.75, 3.05) is 26.2 Å². The highest BCUT2D eigenvalue weighted by Crippen LogP contribution is 2.11. The molecule has 1 rings (SSSR count). The highest BCUT2D eigenvalue weighted by Gasteiger charge is 2.24. The van der Waals surface area contributed by atoms with Crippen LogP contribution < -0.4 is 10.6 Å². The summed E-state index contributed by atoms with van der Waals surface area (Å²) in [5, 5.41) is 5.88. The van der Waals surface area contributed by atoms with Gasteiger partial charge in [0.25, 0.3) is 0 Å². The van der Waals surface area contributed by atoms with Crippen LogP contribution in [0.2, 0.25) is 0 Å². The summed E-state index contributed by atoms with van der Waals surface area (Å²) in [6, 6.07) is 0.282. The Morgan fingerprint density at radius 3 is 2.76 bits per heavy atom. The number of nitrogens with one attached hydrogen (secondary N) is 2. The predicted molar refractivity (Wildman–Crippen MR) is 66.6 cm³/mol. The maximum absolute atomic E-state index is 12.0. The second-order valence-electron chi connectivity index (χ2n) is 4.50. The highest BCUT2D eigenvalue weighted by molar-refractivity contribution is 5.83. The number of amides is 2. The van der Waals surface area contributed by atoms with Gasteiger partial charge in [0.05, 0.1) is 6.54 Å². The molecule has 1 atom stereocenters. The van der Waals surface area contributed by atoms with Gasteiger partial charge in [-0.1, -0.05) is 6.92 Å². The second kappa shape index (κ2) is 7.27. The van der Waals surface area contributed by atoms with E-state index in [-0.39, 0.29) is 24.4 Å². The van der Waals surface area contributed by atoms with E-state index in [4.69, 9.17) is 0 Å². The average molecular weight is 241 g/mol. The zero-order chi connectivity index (χ0) is 12.7. The minimum atomic E-state index is -0.156. The molecule has 17 heavy (non-hydrogen) atoms. The summed E-state index contributed by atoms with van der Waals surface area (Å²) in [5.41, 5.74) is 0. The van der Waals surface area contributed by atoms with Gasteiger partial charge in [-0.3, -0.25) is 9.59 Å².